The second kappa shape index (κ2) is 7.70. The second-order valence-corrected chi connectivity index (χ2v) is 8.36. The monoisotopic (exact) mass is 393 g/mol. The number of hydrogen-bond donors (Lipinski definition) is 1. The Morgan fingerprint density at radius 3 is 2.24 bits per heavy atom. The van der Waals surface area contributed by atoms with Gasteiger partial charge >= 0.3 is 6.09 Å². The molecular weight excluding hydrogens is 366 g/mol. The average Bonchev–Trinajstić information content (AvgIpc) is 2.61. The summed E-state index contributed by atoms with van der Waals surface area (Å²) in [7, 11) is 1.67. The molecule has 1 heterocycles. The Hall–Kier alpha value is -3.15. The van der Waals surface area contributed by atoms with Crippen LogP contribution in [0.25, 0.3) is 10.8 Å². The molecule has 0 radical (unpaired) electrons. The van der Waals surface area contributed by atoms with Crippen LogP contribution in [0.15, 0.2) is 41.2 Å². The van der Waals surface area contributed by atoms with Crippen LogP contribution in [0.4, 0.5) is 10.5 Å². The Morgan fingerprint density at radius 2 is 1.66 bits per heavy atom. The minimum Gasteiger partial charge on any atom is -0.444 e. The van der Waals surface area contributed by atoms with Gasteiger partial charge in [-0.15, -0.1) is 0 Å². The van der Waals surface area contributed by atoms with Gasteiger partial charge in [0.15, 0.2) is 0 Å². The minimum atomic E-state index is -0.545. The van der Waals surface area contributed by atoms with Crippen LogP contribution in [0.1, 0.15) is 43.2 Å². The molecule has 152 valence electrons. The molecule has 3 aromatic rings. The van der Waals surface area contributed by atoms with Crippen molar-refractivity contribution in [3.63, 3.8) is 0 Å². The van der Waals surface area contributed by atoms with Crippen LogP contribution in [0.2, 0.25) is 0 Å². The first-order valence-electron chi connectivity index (χ1n) is 9.59. The molecule has 0 saturated heterocycles. The van der Waals surface area contributed by atoms with Crippen LogP contribution >= 0.6 is 0 Å². The lowest BCUT2D eigenvalue weighted by atomic mass is 10.00. The molecule has 1 amide bonds. The van der Waals surface area contributed by atoms with Crippen molar-refractivity contribution in [1.82, 2.24) is 9.78 Å². The molecule has 6 heteroatoms. The van der Waals surface area contributed by atoms with Gasteiger partial charge in [0, 0.05) is 24.5 Å². The molecule has 0 aliphatic carbocycles. The number of fused-ring (bicyclic) bond motifs is 1. The number of carbonyl (C=O) groups excluding carboxylic acids is 1. The van der Waals surface area contributed by atoms with Crippen molar-refractivity contribution in [2.75, 3.05) is 5.32 Å². The number of carbonyl (C=O) groups is 1. The van der Waals surface area contributed by atoms with E-state index in [4.69, 9.17) is 4.74 Å². The maximum atomic E-state index is 12.5. The van der Waals surface area contributed by atoms with Gasteiger partial charge in [-0.3, -0.25) is 10.1 Å². The summed E-state index contributed by atoms with van der Waals surface area (Å²) in [6.07, 6.45) is 0.0987. The third kappa shape index (κ3) is 4.83. The van der Waals surface area contributed by atoms with Crippen LogP contribution in [-0.4, -0.2) is 21.5 Å². The fourth-order valence-corrected chi connectivity index (χ4v) is 3.14. The second-order valence-electron chi connectivity index (χ2n) is 8.36. The number of aryl methyl sites for hydroxylation is 3. The SMILES string of the molecule is Cc1cc2c(Cc3ccc(NC(=O)OC(C)(C)C)cc3)nn(C)c(=O)c2cc1C. The summed E-state index contributed by atoms with van der Waals surface area (Å²) in [6, 6.07) is 11.5. The van der Waals surface area contributed by atoms with E-state index in [1.165, 1.54) is 4.68 Å². The van der Waals surface area contributed by atoms with E-state index in [1.54, 1.807) is 7.05 Å². The molecule has 3 rings (SSSR count). The van der Waals surface area contributed by atoms with Crippen molar-refractivity contribution >= 4 is 22.6 Å². The average molecular weight is 393 g/mol. The van der Waals surface area contributed by atoms with E-state index >= 15 is 0 Å². The highest BCUT2D eigenvalue weighted by atomic mass is 16.6. The summed E-state index contributed by atoms with van der Waals surface area (Å²) >= 11 is 0. The molecule has 6 nitrogen and oxygen atoms in total. The highest BCUT2D eigenvalue weighted by Crippen LogP contribution is 2.22. The molecule has 0 aliphatic heterocycles. The molecule has 29 heavy (non-hydrogen) atoms. The topological polar surface area (TPSA) is 73.2 Å². The van der Waals surface area contributed by atoms with Crippen molar-refractivity contribution < 1.29 is 9.53 Å². The van der Waals surface area contributed by atoms with E-state index in [0.29, 0.717) is 17.5 Å². The lowest BCUT2D eigenvalue weighted by Gasteiger charge is -2.19. The normalized spacial score (nSPS) is 11.5. The Bertz CT molecular complexity index is 1120. The zero-order valence-electron chi connectivity index (χ0n) is 17.8. The van der Waals surface area contributed by atoms with Crippen molar-refractivity contribution in [3.05, 3.63) is 69.1 Å². The van der Waals surface area contributed by atoms with Gasteiger partial charge in [-0.1, -0.05) is 12.1 Å². The Kier molecular flexibility index (Phi) is 5.46. The van der Waals surface area contributed by atoms with E-state index in [9.17, 15) is 9.59 Å². The summed E-state index contributed by atoms with van der Waals surface area (Å²) in [4.78, 5) is 24.4. The van der Waals surface area contributed by atoms with Gasteiger partial charge in [0.1, 0.15) is 5.60 Å². The number of benzene rings is 2. The summed E-state index contributed by atoms with van der Waals surface area (Å²) in [5, 5.41) is 8.79. The van der Waals surface area contributed by atoms with Crippen molar-refractivity contribution in [2.45, 2.75) is 46.6 Å². The molecule has 0 aliphatic rings. The number of nitrogens with zero attached hydrogens (tertiary/aromatic N) is 2. The number of ether oxygens (including phenoxy) is 1. The van der Waals surface area contributed by atoms with E-state index in [-0.39, 0.29) is 5.56 Å². The number of nitrogens with one attached hydrogen (secondary N) is 1. The number of rotatable bonds is 3. The van der Waals surface area contributed by atoms with Crippen LogP contribution in [-0.2, 0) is 18.2 Å². The molecule has 0 atom stereocenters. The van der Waals surface area contributed by atoms with Gasteiger partial charge in [0.25, 0.3) is 5.56 Å². The molecule has 1 N–H and O–H groups in total. The first kappa shape index (κ1) is 20.6. The van der Waals surface area contributed by atoms with Gasteiger partial charge in [0.05, 0.1) is 11.1 Å². The Labute approximate surface area is 170 Å². The maximum Gasteiger partial charge on any atom is 0.412 e. The van der Waals surface area contributed by atoms with Crippen molar-refractivity contribution in [3.8, 4) is 0 Å². The minimum absolute atomic E-state index is 0.0937. The molecule has 0 spiro atoms. The molecule has 1 aromatic heterocycles. The maximum absolute atomic E-state index is 12.5. The first-order chi connectivity index (χ1) is 13.5. The number of hydrogen-bond acceptors (Lipinski definition) is 4. The summed E-state index contributed by atoms with van der Waals surface area (Å²) in [5.74, 6) is 0. The Morgan fingerprint density at radius 1 is 1.07 bits per heavy atom. The fraction of sp³-hybridized carbons (Fsp3) is 0.348. The zero-order chi connectivity index (χ0) is 21.3. The Balaban J connectivity index is 1.86. The predicted molar refractivity (Wildman–Crippen MR) is 116 cm³/mol. The highest BCUT2D eigenvalue weighted by molar-refractivity contribution is 5.86. The van der Waals surface area contributed by atoms with E-state index in [2.05, 4.69) is 10.4 Å². The quantitative estimate of drug-likeness (QED) is 0.712. The van der Waals surface area contributed by atoms with Gasteiger partial charge in [-0.2, -0.15) is 5.10 Å². The molecule has 0 saturated carbocycles. The summed E-state index contributed by atoms with van der Waals surface area (Å²) in [5.41, 5.74) is 4.12. The third-order valence-corrected chi connectivity index (χ3v) is 4.71. The van der Waals surface area contributed by atoms with Crippen molar-refractivity contribution in [1.29, 1.82) is 0 Å². The van der Waals surface area contributed by atoms with Gasteiger partial charge in [-0.05, 0) is 75.6 Å². The zero-order valence-corrected chi connectivity index (χ0v) is 17.8. The standard InChI is InChI=1S/C23H27N3O3/c1-14-11-18-19(12-15(14)2)21(27)26(6)25-20(18)13-16-7-9-17(10-8-16)24-22(28)29-23(3,4)5/h7-12H,13H2,1-6H3,(H,24,28). The predicted octanol–water partition coefficient (Wildman–Crippen LogP) is 4.49. The lowest BCUT2D eigenvalue weighted by Crippen LogP contribution is -2.27. The van der Waals surface area contributed by atoms with Crippen LogP contribution < -0.4 is 10.9 Å². The number of aromatic nitrogens is 2. The van der Waals surface area contributed by atoms with Crippen molar-refractivity contribution in [2.24, 2.45) is 7.05 Å². The molecule has 0 unspecified atom stereocenters. The van der Waals surface area contributed by atoms with Gasteiger partial charge < -0.3 is 4.74 Å². The third-order valence-electron chi connectivity index (χ3n) is 4.71. The largest absolute Gasteiger partial charge is 0.444 e. The van der Waals surface area contributed by atoms with Crippen LogP contribution in [0.3, 0.4) is 0 Å². The van der Waals surface area contributed by atoms with Crippen LogP contribution in [0, 0.1) is 13.8 Å². The number of anilines is 1. The van der Waals surface area contributed by atoms with E-state index < -0.39 is 11.7 Å². The first-order valence-corrected chi connectivity index (χ1v) is 9.59. The molecule has 0 bridgehead atoms. The molecule has 2 aromatic carbocycles. The lowest BCUT2D eigenvalue weighted by molar-refractivity contribution is 0.0636. The number of amides is 1. The van der Waals surface area contributed by atoms with E-state index in [0.717, 1.165) is 27.8 Å². The van der Waals surface area contributed by atoms with Gasteiger partial charge in [0.2, 0.25) is 0 Å². The smallest absolute Gasteiger partial charge is 0.412 e. The summed E-state index contributed by atoms with van der Waals surface area (Å²) in [6.45, 7) is 9.51. The molecule has 0 fully saturated rings. The van der Waals surface area contributed by atoms with Gasteiger partial charge in [-0.25, -0.2) is 9.48 Å². The van der Waals surface area contributed by atoms with E-state index in [1.807, 2.05) is 71.0 Å². The molecular formula is C23H27N3O3. The summed E-state index contributed by atoms with van der Waals surface area (Å²) < 4.78 is 6.66. The highest BCUT2D eigenvalue weighted by Gasteiger charge is 2.16. The van der Waals surface area contributed by atoms with Crippen LogP contribution in [0.5, 0.6) is 0 Å². The fourth-order valence-electron chi connectivity index (χ4n) is 3.14.